The highest BCUT2D eigenvalue weighted by Gasteiger charge is 2.42. The van der Waals surface area contributed by atoms with E-state index in [1.54, 1.807) is 26.0 Å². The van der Waals surface area contributed by atoms with Crippen LogP contribution in [-0.2, 0) is 31.3 Å². The molecule has 1 aliphatic rings. The van der Waals surface area contributed by atoms with Crippen molar-refractivity contribution >= 4 is 31.6 Å². The number of carbonyl (C=O) groups excluding carboxylic acids is 1. The van der Waals surface area contributed by atoms with Crippen molar-refractivity contribution in [2.75, 3.05) is 30.8 Å². The van der Waals surface area contributed by atoms with Crippen molar-refractivity contribution in [1.29, 1.82) is 0 Å². The highest BCUT2D eigenvalue weighted by molar-refractivity contribution is 7.94. The summed E-state index contributed by atoms with van der Waals surface area (Å²) in [7, 11) is -4.54. The molecule has 0 saturated carbocycles. The average molecular weight is 483 g/mol. The van der Waals surface area contributed by atoms with Gasteiger partial charge in [-0.2, -0.15) is 0 Å². The first-order chi connectivity index (χ1) is 15.0. The van der Waals surface area contributed by atoms with E-state index >= 15 is 0 Å². The zero-order valence-electron chi connectivity index (χ0n) is 18.3. The van der Waals surface area contributed by atoms with Crippen LogP contribution in [0.1, 0.15) is 18.1 Å². The van der Waals surface area contributed by atoms with Gasteiger partial charge in [-0.1, -0.05) is 13.0 Å². The van der Waals surface area contributed by atoms with Crippen molar-refractivity contribution in [3.05, 3.63) is 47.5 Å². The van der Waals surface area contributed by atoms with Gasteiger partial charge in [-0.3, -0.25) is 4.79 Å². The lowest BCUT2D eigenvalue weighted by atomic mass is 10.1. The number of benzene rings is 2. The van der Waals surface area contributed by atoms with Crippen LogP contribution in [0, 0.1) is 12.8 Å². The topological polar surface area (TPSA) is 119 Å². The van der Waals surface area contributed by atoms with E-state index in [-0.39, 0.29) is 22.9 Å². The summed E-state index contributed by atoms with van der Waals surface area (Å²) in [5.74, 6) is -0.279. The maximum Gasteiger partial charge on any atom is 0.244 e. The Kier molecular flexibility index (Phi) is 6.82. The van der Waals surface area contributed by atoms with Gasteiger partial charge in [-0.25, -0.2) is 25.9 Å². The minimum absolute atomic E-state index is 0.0191. The van der Waals surface area contributed by atoms with Crippen molar-refractivity contribution < 1.29 is 31.1 Å². The van der Waals surface area contributed by atoms with E-state index in [1.807, 2.05) is 6.07 Å². The molecule has 2 aromatic carbocycles. The Morgan fingerprint density at radius 1 is 1.09 bits per heavy atom. The molecule has 11 heteroatoms. The largest absolute Gasteiger partial charge is 0.493 e. The van der Waals surface area contributed by atoms with Crippen LogP contribution in [0.25, 0.3) is 0 Å². The number of nitrogens with one attached hydrogen (secondary N) is 1. The van der Waals surface area contributed by atoms with Gasteiger partial charge in [0.25, 0.3) is 0 Å². The van der Waals surface area contributed by atoms with E-state index in [1.165, 1.54) is 32.4 Å². The number of anilines is 1. The lowest BCUT2D eigenvalue weighted by molar-refractivity contribution is -0.119. The maximum absolute atomic E-state index is 12.8. The summed E-state index contributed by atoms with van der Waals surface area (Å²) < 4.78 is 63.9. The van der Waals surface area contributed by atoms with Gasteiger partial charge < -0.3 is 9.47 Å². The van der Waals surface area contributed by atoms with E-state index < -0.39 is 31.9 Å². The van der Waals surface area contributed by atoms with E-state index in [0.29, 0.717) is 23.5 Å². The molecule has 1 amide bonds. The SMILES string of the molecule is COc1ccc(CCNS(=O)(=O)c2ccc(N3C(=O)[C@@H](C)CS3(=O)=O)cc2C)cc1OC. The number of ether oxygens (including phenoxy) is 2. The molecule has 0 aliphatic carbocycles. The smallest absolute Gasteiger partial charge is 0.244 e. The zero-order chi connectivity index (χ0) is 23.7. The number of nitrogens with zero attached hydrogens (tertiary/aromatic N) is 1. The highest BCUT2D eigenvalue weighted by atomic mass is 32.2. The number of rotatable bonds is 8. The highest BCUT2D eigenvalue weighted by Crippen LogP contribution is 2.31. The second-order valence-corrected chi connectivity index (χ2v) is 11.2. The minimum Gasteiger partial charge on any atom is -0.493 e. The lowest BCUT2D eigenvalue weighted by Gasteiger charge is -2.17. The molecule has 9 nitrogen and oxygen atoms in total. The second kappa shape index (κ2) is 9.08. The predicted molar refractivity (Wildman–Crippen MR) is 120 cm³/mol. The zero-order valence-corrected chi connectivity index (χ0v) is 19.9. The molecule has 1 N–H and O–H groups in total. The summed E-state index contributed by atoms with van der Waals surface area (Å²) in [4.78, 5) is 12.3. The predicted octanol–water partition coefficient (Wildman–Crippen LogP) is 1.85. The van der Waals surface area contributed by atoms with Crippen molar-refractivity contribution in [1.82, 2.24) is 4.72 Å². The van der Waals surface area contributed by atoms with Crippen LogP contribution in [0.3, 0.4) is 0 Å². The number of methoxy groups -OCH3 is 2. The molecular weight excluding hydrogens is 456 g/mol. The van der Waals surface area contributed by atoms with E-state index in [0.717, 1.165) is 9.87 Å². The van der Waals surface area contributed by atoms with Crippen LogP contribution in [0.2, 0.25) is 0 Å². The molecule has 1 saturated heterocycles. The minimum atomic E-state index is -3.84. The van der Waals surface area contributed by atoms with Crippen molar-refractivity contribution in [2.24, 2.45) is 5.92 Å². The van der Waals surface area contributed by atoms with E-state index in [9.17, 15) is 21.6 Å². The molecule has 0 aromatic heterocycles. The molecule has 1 heterocycles. The summed E-state index contributed by atoms with van der Waals surface area (Å²) in [6.07, 6.45) is 0.426. The standard InChI is InChI=1S/C21H26N2O7S2/c1-14-11-17(23-21(24)15(2)13-31(23,25)26)6-8-20(14)32(27,28)22-10-9-16-5-7-18(29-3)19(12-16)30-4/h5-8,11-12,15,22H,9-10,13H2,1-4H3/t15-/m0/s1. The second-order valence-electron chi connectivity index (χ2n) is 7.57. The fraction of sp³-hybridized carbons (Fsp3) is 0.381. The van der Waals surface area contributed by atoms with Crippen LogP contribution in [0.4, 0.5) is 5.69 Å². The van der Waals surface area contributed by atoms with Crippen LogP contribution < -0.4 is 18.5 Å². The Balaban J connectivity index is 1.74. The number of aryl methyl sites for hydroxylation is 1. The third-order valence-electron chi connectivity index (χ3n) is 5.20. The normalized spacial score (nSPS) is 18.1. The molecule has 1 atom stereocenters. The monoisotopic (exact) mass is 482 g/mol. The fourth-order valence-electron chi connectivity index (χ4n) is 3.59. The molecular formula is C21H26N2O7S2. The molecule has 32 heavy (non-hydrogen) atoms. The quantitative estimate of drug-likeness (QED) is 0.610. The summed E-state index contributed by atoms with van der Waals surface area (Å²) in [5, 5.41) is 0. The van der Waals surface area contributed by atoms with Crippen LogP contribution in [0.5, 0.6) is 11.5 Å². The Morgan fingerprint density at radius 3 is 2.34 bits per heavy atom. The Labute approximate surface area is 188 Å². The van der Waals surface area contributed by atoms with E-state index in [4.69, 9.17) is 9.47 Å². The summed E-state index contributed by atoms with van der Waals surface area (Å²) in [5.41, 5.74) is 1.34. The number of hydrogen-bond acceptors (Lipinski definition) is 7. The Hall–Kier alpha value is -2.63. The first kappa shape index (κ1) is 24.0. The third-order valence-corrected chi connectivity index (χ3v) is 8.69. The van der Waals surface area contributed by atoms with Gasteiger partial charge in [0.1, 0.15) is 0 Å². The number of carbonyl (C=O) groups is 1. The van der Waals surface area contributed by atoms with Gasteiger partial charge in [0.2, 0.25) is 26.0 Å². The first-order valence-corrected chi connectivity index (χ1v) is 13.0. The van der Waals surface area contributed by atoms with Gasteiger partial charge >= 0.3 is 0 Å². The number of amides is 1. The van der Waals surface area contributed by atoms with Gasteiger partial charge in [-0.15, -0.1) is 0 Å². The summed E-state index contributed by atoms with van der Waals surface area (Å²) in [6.45, 7) is 3.26. The third kappa shape index (κ3) is 4.74. The lowest BCUT2D eigenvalue weighted by Crippen LogP contribution is -2.30. The van der Waals surface area contributed by atoms with E-state index in [2.05, 4.69) is 4.72 Å². The molecule has 174 valence electrons. The summed E-state index contributed by atoms with van der Waals surface area (Å²) in [6, 6.07) is 9.40. The average Bonchev–Trinajstić information content (AvgIpc) is 2.93. The van der Waals surface area contributed by atoms with Gasteiger partial charge in [0.05, 0.1) is 36.5 Å². The fourth-order valence-corrected chi connectivity index (χ4v) is 6.66. The maximum atomic E-state index is 12.8. The summed E-state index contributed by atoms with van der Waals surface area (Å²) >= 11 is 0. The molecule has 1 aliphatic heterocycles. The number of hydrogen-bond donors (Lipinski definition) is 1. The molecule has 0 bridgehead atoms. The van der Waals surface area contributed by atoms with Crippen molar-refractivity contribution in [3.63, 3.8) is 0 Å². The molecule has 1 fully saturated rings. The molecule has 0 radical (unpaired) electrons. The van der Waals surface area contributed by atoms with Crippen LogP contribution in [0.15, 0.2) is 41.3 Å². The molecule has 2 aromatic rings. The molecule has 0 spiro atoms. The van der Waals surface area contributed by atoms with Crippen molar-refractivity contribution in [2.45, 2.75) is 25.2 Å². The molecule has 3 rings (SSSR count). The number of sulfonamides is 2. The first-order valence-electron chi connectivity index (χ1n) is 9.88. The Bertz CT molecular complexity index is 1240. The van der Waals surface area contributed by atoms with Gasteiger partial charge in [0.15, 0.2) is 11.5 Å². The molecule has 0 unspecified atom stereocenters. The van der Waals surface area contributed by atoms with Gasteiger partial charge in [-0.05, 0) is 54.8 Å². The van der Waals surface area contributed by atoms with Crippen LogP contribution >= 0.6 is 0 Å². The van der Waals surface area contributed by atoms with Crippen molar-refractivity contribution in [3.8, 4) is 11.5 Å². The van der Waals surface area contributed by atoms with Crippen LogP contribution in [-0.4, -0.2) is 49.3 Å². The Morgan fingerprint density at radius 2 is 1.78 bits per heavy atom. The van der Waals surface area contributed by atoms with Gasteiger partial charge in [0, 0.05) is 6.54 Å².